The zero-order valence-corrected chi connectivity index (χ0v) is 23.7. The molecule has 0 aliphatic carbocycles. The number of aromatic nitrogens is 2. The number of aryl methyl sites for hydroxylation is 1. The molecule has 1 aliphatic rings. The molecule has 0 aromatic carbocycles. The van der Waals surface area contributed by atoms with E-state index in [0.717, 1.165) is 4.57 Å². The fourth-order valence-corrected chi connectivity index (χ4v) is 4.67. The first-order valence-corrected chi connectivity index (χ1v) is 10.4. The van der Waals surface area contributed by atoms with Gasteiger partial charge in [-0.1, -0.05) is 7.60 Å². The second-order valence-corrected chi connectivity index (χ2v) is 9.40. The number of H-pyrrole nitrogens is 1. The molecule has 17 heteroatoms. The Morgan fingerprint density at radius 2 is 1.86 bits per heavy atom. The molecular formula is C11H15N2Na3O10P2. The third kappa shape index (κ3) is 9.58. The zero-order chi connectivity index (χ0) is 19.0. The number of nitrogens with one attached hydrogen (secondary N) is 1. The summed E-state index contributed by atoms with van der Waals surface area (Å²) in [5.41, 5.74) is -1.13. The van der Waals surface area contributed by atoms with Crippen molar-refractivity contribution >= 4 is 15.2 Å². The first-order valence-electron chi connectivity index (χ1n) is 6.99. The van der Waals surface area contributed by atoms with Crippen LogP contribution in [-0.2, 0) is 18.4 Å². The molecule has 1 aromatic heterocycles. The Kier molecular flexibility index (Phi) is 14.7. The van der Waals surface area contributed by atoms with Crippen LogP contribution in [0.5, 0.6) is 0 Å². The van der Waals surface area contributed by atoms with Crippen molar-refractivity contribution in [3.05, 3.63) is 32.6 Å². The average Bonchev–Trinajstić information content (AvgIpc) is 2.79. The van der Waals surface area contributed by atoms with E-state index in [0.29, 0.717) is 0 Å². The Morgan fingerprint density at radius 3 is 2.39 bits per heavy atom. The summed E-state index contributed by atoms with van der Waals surface area (Å²) in [4.78, 5) is 57.6. The van der Waals surface area contributed by atoms with Crippen molar-refractivity contribution in [2.24, 2.45) is 0 Å². The SMILES string of the molecule is Cc1cn([C@H]2C[C@@H](O)[C@@H](COP(=O)([O-])CP(=O)([O-])[O-])O2)c(=O)[nH]c1=O.[Na+].[Na+].[Na+]. The van der Waals surface area contributed by atoms with Crippen LogP contribution in [0, 0.1) is 6.92 Å². The van der Waals surface area contributed by atoms with Crippen LogP contribution < -0.4 is 115 Å². The number of nitrogens with zero attached hydrogens (tertiary/aromatic N) is 1. The van der Waals surface area contributed by atoms with Gasteiger partial charge in [-0.2, -0.15) is 0 Å². The van der Waals surface area contributed by atoms with Crippen LogP contribution in [0.4, 0.5) is 0 Å². The molecule has 4 atom stereocenters. The van der Waals surface area contributed by atoms with E-state index in [-0.39, 0.29) is 101 Å². The average molecular weight is 466 g/mol. The smallest absolute Gasteiger partial charge is 0.810 e. The predicted molar refractivity (Wildman–Crippen MR) is 76.6 cm³/mol. The molecule has 0 saturated carbocycles. The number of aromatic amines is 1. The molecule has 142 valence electrons. The molecule has 28 heavy (non-hydrogen) atoms. The van der Waals surface area contributed by atoms with Gasteiger partial charge in [-0.15, -0.1) is 0 Å². The second-order valence-electron chi connectivity index (χ2n) is 5.57. The van der Waals surface area contributed by atoms with E-state index >= 15 is 0 Å². The monoisotopic (exact) mass is 466 g/mol. The van der Waals surface area contributed by atoms with Crippen LogP contribution in [0.25, 0.3) is 0 Å². The van der Waals surface area contributed by atoms with Crippen molar-refractivity contribution in [1.82, 2.24) is 9.55 Å². The summed E-state index contributed by atoms with van der Waals surface area (Å²) in [6, 6.07) is 0. The summed E-state index contributed by atoms with van der Waals surface area (Å²) in [6.07, 6.45) is -2.24. The summed E-state index contributed by atoms with van der Waals surface area (Å²) in [7, 11) is -10.3. The Hall–Kier alpha value is 1.90. The van der Waals surface area contributed by atoms with E-state index in [2.05, 4.69) is 9.51 Å². The summed E-state index contributed by atoms with van der Waals surface area (Å²) in [6.45, 7) is 0.730. The fraction of sp³-hybridized carbons (Fsp3) is 0.636. The van der Waals surface area contributed by atoms with Gasteiger partial charge in [0.1, 0.15) is 19.9 Å². The number of aliphatic hydroxyl groups excluding tert-OH is 1. The second kappa shape index (κ2) is 12.8. The van der Waals surface area contributed by atoms with Crippen molar-refractivity contribution in [1.29, 1.82) is 0 Å². The maximum Gasteiger partial charge on any atom is 1.00 e. The first kappa shape index (κ1) is 32.1. The molecule has 1 aliphatic heterocycles. The molecule has 2 N–H and O–H groups in total. The van der Waals surface area contributed by atoms with Gasteiger partial charge >= 0.3 is 94.4 Å². The number of aliphatic hydroxyl groups is 1. The number of rotatable bonds is 6. The summed E-state index contributed by atoms with van der Waals surface area (Å²) >= 11 is 0. The molecule has 0 spiro atoms. The number of hydrogen-bond donors (Lipinski definition) is 2. The third-order valence-electron chi connectivity index (χ3n) is 3.44. The van der Waals surface area contributed by atoms with Crippen LogP contribution in [-0.4, -0.2) is 39.4 Å². The topological polar surface area (TPSA) is 197 Å². The van der Waals surface area contributed by atoms with Gasteiger partial charge < -0.3 is 38.2 Å². The van der Waals surface area contributed by atoms with Crippen molar-refractivity contribution in [3.63, 3.8) is 0 Å². The molecule has 1 unspecified atom stereocenters. The van der Waals surface area contributed by atoms with E-state index in [1.165, 1.54) is 13.1 Å². The van der Waals surface area contributed by atoms with Gasteiger partial charge in [0.2, 0.25) is 0 Å². The van der Waals surface area contributed by atoms with Crippen LogP contribution in [0.3, 0.4) is 0 Å². The van der Waals surface area contributed by atoms with Crippen LogP contribution in [0.1, 0.15) is 18.2 Å². The van der Waals surface area contributed by atoms with Gasteiger partial charge in [0.15, 0.2) is 0 Å². The van der Waals surface area contributed by atoms with E-state index in [4.69, 9.17) is 4.74 Å². The minimum atomic E-state index is -5.32. The first-order chi connectivity index (χ1) is 11.4. The molecule has 2 rings (SSSR count). The molecule has 1 aromatic rings. The Morgan fingerprint density at radius 1 is 1.29 bits per heavy atom. The Bertz CT molecular complexity index is 856. The molecule has 0 amide bonds. The van der Waals surface area contributed by atoms with Crippen molar-refractivity contribution < 1.29 is 127 Å². The summed E-state index contributed by atoms with van der Waals surface area (Å²) < 4.78 is 32.7. The van der Waals surface area contributed by atoms with Crippen molar-refractivity contribution in [2.75, 3.05) is 12.5 Å². The van der Waals surface area contributed by atoms with Gasteiger partial charge in [-0.25, -0.2) is 4.79 Å². The molecule has 2 heterocycles. The molecule has 1 fully saturated rings. The predicted octanol–water partition coefficient (Wildman–Crippen LogP) is -12.1. The Labute approximate surface area is 226 Å². The minimum absolute atomic E-state index is 0. The Balaban J connectivity index is 0. The molecule has 1 saturated heterocycles. The van der Waals surface area contributed by atoms with Gasteiger partial charge in [0, 0.05) is 24.1 Å². The van der Waals surface area contributed by atoms with Crippen LogP contribution in [0.2, 0.25) is 0 Å². The van der Waals surface area contributed by atoms with E-state index < -0.39 is 57.4 Å². The van der Waals surface area contributed by atoms with E-state index in [1.807, 2.05) is 0 Å². The van der Waals surface area contributed by atoms with Gasteiger partial charge in [0.25, 0.3) is 5.56 Å². The van der Waals surface area contributed by atoms with Gasteiger partial charge in [-0.3, -0.25) is 14.3 Å². The van der Waals surface area contributed by atoms with Crippen LogP contribution in [0.15, 0.2) is 15.8 Å². The van der Waals surface area contributed by atoms with Crippen LogP contribution >= 0.6 is 15.2 Å². The van der Waals surface area contributed by atoms with E-state index in [1.54, 1.807) is 0 Å². The third-order valence-corrected chi connectivity index (χ3v) is 6.76. The molecule has 0 bridgehead atoms. The minimum Gasteiger partial charge on any atom is -0.810 e. The zero-order valence-electron chi connectivity index (χ0n) is 15.9. The largest absolute Gasteiger partial charge is 1.00 e. The fourth-order valence-electron chi connectivity index (χ4n) is 2.28. The summed E-state index contributed by atoms with van der Waals surface area (Å²) in [5.74, 6) is -1.69. The maximum atomic E-state index is 11.8. The van der Waals surface area contributed by atoms with Crippen molar-refractivity contribution in [3.8, 4) is 0 Å². The normalized spacial score (nSPS) is 23.7. The number of ether oxygens (including phenoxy) is 1. The van der Waals surface area contributed by atoms with Gasteiger partial charge in [-0.05, 0) is 6.92 Å². The van der Waals surface area contributed by atoms with E-state index in [9.17, 15) is 38.5 Å². The molecule has 0 radical (unpaired) electrons. The van der Waals surface area contributed by atoms with Crippen molar-refractivity contribution in [2.45, 2.75) is 31.8 Å². The maximum absolute atomic E-state index is 11.8. The summed E-state index contributed by atoms with van der Waals surface area (Å²) in [5, 5.41) is 9.90. The number of hydrogen-bond acceptors (Lipinski definition) is 10. The van der Waals surface area contributed by atoms with Gasteiger partial charge in [0.05, 0.1) is 12.7 Å². The molecule has 12 nitrogen and oxygen atoms in total. The molecular weight excluding hydrogens is 451 g/mol. The quantitative estimate of drug-likeness (QED) is 0.300. The standard InChI is InChI=1S/C11H18N2O10P2.3Na/c1-6-3-13(11(16)12-10(6)15)9-2-7(14)8(23-9)4-22-25(20,21)5-24(17,18)19;;;/h3,7-9,14H,2,4-5H2,1H3,(H,20,21)(H,12,15,16)(H2,17,18,19);;;/q;3*+1/p-3/t7-,8-,9-;;;/m1.../s1.